The van der Waals surface area contributed by atoms with Crippen LogP contribution in [0.4, 0.5) is 0 Å². The number of ether oxygens (including phenoxy) is 2. The lowest BCUT2D eigenvalue weighted by Crippen LogP contribution is -2.26. The van der Waals surface area contributed by atoms with Crippen LogP contribution in [0.3, 0.4) is 0 Å². The van der Waals surface area contributed by atoms with Gasteiger partial charge in [0.1, 0.15) is 17.9 Å². The Balaban J connectivity index is 2.43. The highest BCUT2D eigenvalue weighted by Gasteiger charge is 2.16. The van der Waals surface area contributed by atoms with E-state index in [1.54, 1.807) is 39.0 Å². The number of Topliss-reactive ketones (excluding diaryl/α,β-unsaturated/α-hetero) is 1. The van der Waals surface area contributed by atoms with Crippen LogP contribution in [0.25, 0.3) is 0 Å². The molecule has 104 valence electrons. The first-order valence-electron chi connectivity index (χ1n) is 6.04. The zero-order valence-corrected chi connectivity index (χ0v) is 11.7. The van der Waals surface area contributed by atoms with Crippen molar-refractivity contribution in [2.45, 2.75) is 39.9 Å². The van der Waals surface area contributed by atoms with Gasteiger partial charge in [0.2, 0.25) is 0 Å². The van der Waals surface area contributed by atoms with Gasteiger partial charge in [-0.15, -0.1) is 0 Å². The van der Waals surface area contributed by atoms with Crippen molar-refractivity contribution in [3.8, 4) is 0 Å². The Labute approximate surface area is 112 Å². The fraction of sp³-hybridized carbons (Fsp3) is 0.500. The molecule has 0 radical (unpaired) electrons. The Bertz CT molecular complexity index is 463. The molecule has 19 heavy (non-hydrogen) atoms. The summed E-state index contributed by atoms with van der Waals surface area (Å²) < 4.78 is 10.3. The molecule has 5 heteroatoms. The zero-order chi connectivity index (χ0) is 14.5. The Morgan fingerprint density at radius 3 is 2.53 bits per heavy atom. The van der Waals surface area contributed by atoms with Crippen molar-refractivity contribution in [1.82, 2.24) is 4.98 Å². The van der Waals surface area contributed by atoms with E-state index in [2.05, 4.69) is 4.98 Å². The van der Waals surface area contributed by atoms with E-state index in [1.165, 1.54) is 6.92 Å². The number of pyridine rings is 1. The number of hydrogen-bond donors (Lipinski definition) is 0. The van der Waals surface area contributed by atoms with Crippen LogP contribution in [-0.4, -0.2) is 28.9 Å². The third-order valence-electron chi connectivity index (χ3n) is 2.06. The van der Waals surface area contributed by atoms with Crippen LogP contribution in [-0.2, 0) is 20.9 Å². The second-order valence-electron chi connectivity index (χ2n) is 5.15. The van der Waals surface area contributed by atoms with E-state index >= 15 is 0 Å². The van der Waals surface area contributed by atoms with E-state index in [9.17, 15) is 9.59 Å². The summed E-state index contributed by atoms with van der Waals surface area (Å²) in [6.07, 6.45) is 0. The number of hydrogen-bond acceptors (Lipinski definition) is 5. The first kappa shape index (κ1) is 15.3. The molecule has 0 amide bonds. The highest BCUT2D eigenvalue weighted by molar-refractivity contribution is 5.92. The molecule has 0 aliphatic carbocycles. The highest BCUT2D eigenvalue weighted by atomic mass is 16.6. The second kappa shape index (κ2) is 6.43. The van der Waals surface area contributed by atoms with Crippen molar-refractivity contribution in [3.63, 3.8) is 0 Å². The number of rotatable bonds is 5. The van der Waals surface area contributed by atoms with Gasteiger partial charge in [0.15, 0.2) is 5.78 Å². The number of carbonyl (C=O) groups is 2. The van der Waals surface area contributed by atoms with E-state index in [-0.39, 0.29) is 19.0 Å². The Hall–Kier alpha value is -1.75. The molecule has 0 aromatic carbocycles. The maximum atomic E-state index is 11.4. The summed E-state index contributed by atoms with van der Waals surface area (Å²) in [6, 6.07) is 5.11. The van der Waals surface area contributed by atoms with E-state index in [0.29, 0.717) is 11.4 Å². The molecule has 5 nitrogen and oxygen atoms in total. The molecule has 0 fully saturated rings. The molecule has 1 heterocycles. The van der Waals surface area contributed by atoms with Gasteiger partial charge in [-0.25, -0.2) is 9.78 Å². The fourth-order valence-corrected chi connectivity index (χ4v) is 1.37. The predicted octanol–water partition coefficient (Wildman–Crippen LogP) is 2.14. The first-order valence-corrected chi connectivity index (χ1v) is 6.04. The van der Waals surface area contributed by atoms with Gasteiger partial charge in [-0.3, -0.25) is 4.79 Å². The quantitative estimate of drug-likeness (QED) is 0.603. The topological polar surface area (TPSA) is 65.5 Å². The zero-order valence-electron chi connectivity index (χ0n) is 11.7. The number of esters is 1. The number of aromatic nitrogens is 1. The third-order valence-corrected chi connectivity index (χ3v) is 2.06. The smallest absolute Gasteiger partial charge is 0.332 e. The van der Waals surface area contributed by atoms with Crippen LogP contribution in [0.2, 0.25) is 0 Å². The van der Waals surface area contributed by atoms with Gasteiger partial charge < -0.3 is 9.47 Å². The monoisotopic (exact) mass is 265 g/mol. The van der Waals surface area contributed by atoms with E-state index < -0.39 is 11.6 Å². The van der Waals surface area contributed by atoms with Crippen molar-refractivity contribution in [1.29, 1.82) is 0 Å². The Morgan fingerprint density at radius 2 is 1.95 bits per heavy atom. The summed E-state index contributed by atoms with van der Waals surface area (Å²) in [6.45, 7) is 6.87. The molecular formula is C14H19NO4. The molecule has 0 unspecified atom stereocenters. The normalized spacial score (nSPS) is 11.2. The fourth-order valence-electron chi connectivity index (χ4n) is 1.37. The average molecular weight is 265 g/mol. The molecule has 0 spiro atoms. The van der Waals surface area contributed by atoms with Crippen LogP contribution in [0.15, 0.2) is 18.2 Å². The molecule has 0 N–H and O–H groups in total. The molecule has 0 bridgehead atoms. The van der Waals surface area contributed by atoms with Crippen LogP contribution < -0.4 is 0 Å². The highest BCUT2D eigenvalue weighted by Crippen LogP contribution is 2.07. The molecule has 0 saturated carbocycles. The van der Waals surface area contributed by atoms with Crippen LogP contribution >= 0.6 is 0 Å². The van der Waals surface area contributed by atoms with Gasteiger partial charge in [-0.1, -0.05) is 6.07 Å². The van der Waals surface area contributed by atoms with Crippen molar-refractivity contribution < 1.29 is 19.1 Å². The molecule has 1 aromatic rings. The van der Waals surface area contributed by atoms with Gasteiger partial charge >= 0.3 is 5.97 Å². The van der Waals surface area contributed by atoms with E-state index in [4.69, 9.17) is 9.47 Å². The van der Waals surface area contributed by atoms with Crippen LogP contribution in [0, 0.1) is 0 Å². The van der Waals surface area contributed by atoms with E-state index in [0.717, 1.165) is 0 Å². The SMILES string of the molecule is CC(=O)c1cccc(COCC(=O)OC(C)(C)C)n1. The maximum absolute atomic E-state index is 11.4. The van der Waals surface area contributed by atoms with Crippen molar-refractivity contribution >= 4 is 11.8 Å². The maximum Gasteiger partial charge on any atom is 0.332 e. The van der Waals surface area contributed by atoms with Gasteiger partial charge in [0, 0.05) is 6.92 Å². The van der Waals surface area contributed by atoms with Crippen molar-refractivity contribution in [2.24, 2.45) is 0 Å². The minimum absolute atomic E-state index is 0.103. The van der Waals surface area contributed by atoms with Gasteiger partial charge in [-0.05, 0) is 32.9 Å². The molecule has 0 atom stereocenters. The van der Waals surface area contributed by atoms with Gasteiger partial charge in [0.05, 0.1) is 12.3 Å². The molecular weight excluding hydrogens is 246 g/mol. The van der Waals surface area contributed by atoms with Crippen LogP contribution in [0.1, 0.15) is 43.9 Å². The average Bonchev–Trinajstić information content (AvgIpc) is 2.27. The summed E-state index contributed by atoms with van der Waals surface area (Å²) >= 11 is 0. The number of carbonyl (C=O) groups excluding carboxylic acids is 2. The standard InChI is InChI=1S/C14H19NO4/c1-10(16)12-7-5-6-11(15-12)8-18-9-13(17)19-14(2,3)4/h5-7H,8-9H2,1-4H3. The third kappa shape index (κ3) is 6.10. The molecule has 0 aliphatic heterocycles. The van der Waals surface area contributed by atoms with Gasteiger partial charge in [-0.2, -0.15) is 0 Å². The van der Waals surface area contributed by atoms with Crippen molar-refractivity contribution in [2.75, 3.05) is 6.61 Å². The minimum Gasteiger partial charge on any atom is -0.458 e. The molecule has 1 rings (SSSR count). The lowest BCUT2D eigenvalue weighted by molar-refractivity contribution is -0.160. The summed E-state index contributed by atoms with van der Waals surface area (Å²) in [5.74, 6) is -0.524. The summed E-state index contributed by atoms with van der Waals surface area (Å²) in [5, 5.41) is 0. The summed E-state index contributed by atoms with van der Waals surface area (Å²) in [4.78, 5) is 26.7. The molecule has 0 saturated heterocycles. The molecule has 0 aliphatic rings. The Morgan fingerprint density at radius 1 is 1.26 bits per heavy atom. The first-order chi connectivity index (χ1) is 8.78. The van der Waals surface area contributed by atoms with Gasteiger partial charge in [0.25, 0.3) is 0 Å². The summed E-state index contributed by atoms with van der Waals surface area (Å²) in [5.41, 5.74) is 0.474. The largest absolute Gasteiger partial charge is 0.458 e. The number of ketones is 1. The molecule has 1 aromatic heterocycles. The van der Waals surface area contributed by atoms with E-state index in [1.807, 2.05) is 0 Å². The minimum atomic E-state index is -0.521. The second-order valence-corrected chi connectivity index (χ2v) is 5.15. The van der Waals surface area contributed by atoms with Crippen molar-refractivity contribution in [3.05, 3.63) is 29.6 Å². The predicted molar refractivity (Wildman–Crippen MR) is 69.7 cm³/mol. The lowest BCUT2D eigenvalue weighted by atomic mass is 10.2. The Kier molecular flexibility index (Phi) is 5.18. The van der Waals surface area contributed by atoms with Crippen LogP contribution in [0.5, 0.6) is 0 Å². The number of nitrogens with zero attached hydrogens (tertiary/aromatic N) is 1. The summed E-state index contributed by atoms with van der Waals surface area (Å²) in [7, 11) is 0. The lowest BCUT2D eigenvalue weighted by Gasteiger charge is -2.19.